The molecule has 1 aromatic carbocycles. The molecule has 0 radical (unpaired) electrons. The molecule has 1 saturated heterocycles. The second-order valence-electron chi connectivity index (χ2n) is 7.37. The van der Waals surface area contributed by atoms with Crippen molar-refractivity contribution in [3.05, 3.63) is 49.1 Å². The molecule has 1 aliphatic rings. The Morgan fingerprint density at radius 1 is 1.33 bits per heavy atom. The third-order valence-corrected chi connectivity index (χ3v) is 5.49. The van der Waals surface area contributed by atoms with Gasteiger partial charge in [-0.3, -0.25) is 4.99 Å². The van der Waals surface area contributed by atoms with Crippen LogP contribution in [-0.2, 0) is 0 Å². The van der Waals surface area contributed by atoms with Crippen LogP contribution in [-0.4, -0.2) is 60.7 Å². The molecule has 3 rings (SSSR count). The van der Waals surface area contributed by atoms with Gasteiger partial charge < -0.3 is 19.7 Å². The van der Waals surface area contributed by atoms with Crippen molar-refractivity contribution >= 4 is 11.6 Å². The average Bonchev–Trinajstić information content (AvgIpc) is 3.24. The molecule has 1 aliphatic heterocycles. The van der Waals surface area contributed by atoms with Crippen molar-refractivity contribution in [3.63, 3.8) is 0 Å². The molecule has 2 unspecified atom stereocenters. The van der Waals surface area contributed by atoms with Gasteiger partial charge in [-0.2, -0.15) is 0 Å². The number of nitrogens with zero attached hydrogens (tertiary/aromatic N) is 5. The number of hydrogen-bond donors (Lipinski definition) is 1. The first-order valence-electron chi connectivity index (χ1n) is 9.88. The van der Waals surface area contributed by atoms with E-state index in [1.807, 2.05) is 19.6 Å². The molecule has 1 fully saturated rings. The van der Waals surface area contributed by atoms with Crippen LogP contribution in [0.25, 0.3) is 0 Å². The van der Waals surface area contributed by atoms with Gasteiger partial charge in [0.15, 0.2) is 5.96 Å². The minimum Gasteiger partial charge on any atom is -0.375 e. The summed E-state index contributed by atoms with van der Waals surface area (Å²) in [5, 5.41) is 3.55. The summed E-state index contributed by atoms with van der Waals surface area (Å²) in [6, 6.07) is 11.0. The number of likely N-dealkylation sites (tertiary alicyclic amines) is 1. The lowest BCUT2D eigenvalue weighted by atomic mass is 9.93. The maximum Gasteiger partial charge on any atom is 0.193 e. The summed E-state index contributed by atoms with van der Waals surface area (Å²) < 4.78 is 2.24. The van der Waals surface area contributed by atoms with E-state index in [0.29, 0.717) is 12.0 Å². The first-order valence-corrected chi connectivity index (χ1v) is 9.88. The van der Waals surface area contributed by atoms with E-state index in [0.717, 1.165) is 38.6 Å². The first kappa shape index (κ1) is 19.3. The molecule has 0 spiro atoms. The Morgan fingerprint density at radius 3 is 2.85 bits per heavy atom. The van der Waals surface area contributed by atoms with Gasteiger partial charge in [-0.25, -0.2) is 4.98 Å². The minimum absolute atomic E-state index is 0.448. The van der Waals surface area contributed by atoms with Crippen molar-refractivity contribution in [2.24, 2.45) is 10.9 Å². The number of aliphatic imine (C=N–C) groups is 1. The van der Waals surface area contributed by atoms with Gasteiger partial charge in [0.25, 0.3) is 0 Å². The van der Waals surface area contributed by atoms with E-state index in [2.05, 4.69) is 80.2 Å². The number of anilines is 1. The number of guanidine groups is 1. The van der Waals surface area contributed by atoms with Crippen LogP contribution in [0, 0.1) is 5.92 Å². The number of para-hydroxylation sites is 1. The van der Waals surface area contributed by atoms with E-state index < -0.39 is 0 Å². The van der Waals surface area contributed by atoms with E-state index in [1.54, 1.807) is 0 Å². The second-order valence-corrected chi connectivity index (χ2v) is 7.37. The zero-order valence-corrected chi connectivity index (χ0v) is 16.8. The molecule has 0 bridgehead atoms. The molecule has 0 aliphatic carbocycles. The number of benzene rings is 1. The SMILES string of the molecule is CN=C(NCCCN(C)c1ccccc1)N1CCC(C)C(n2ccnc2)C1. The third-order valence-electron chi connectivity index (χ3n) is 5.49. The lowest BCUT2D eigenvalue weighted by Gasteiger charge is -2.39. The van der Waals surface area contributed by atoms with Crippen LogP contribution in [0.1, 0.15) is 25.8 Å². The van der Waals surface area contributed by atoms with Crippen molar-refractivity contribution in [1.29, 1.82) is 0 Å². The van der Waals surface area contributed by atoms with Crippen molar-refractivity contribution in [2.45, 2.75) is 25.8 Å². The smallest absolute Gasteiger partial charge is 0.193 e. The second kappa shape index (κ2) is 9.44. The highest BCUT2D eigenvalue weighted by Gasteiger charge is 2.28. The molecule has 6 heteroatoms. The Morgan fingerprint density at radius 2 is 2.15 bits per heavy atom. The largest absolute Gasteiger partial charge is 0.375 e. The summed E-state index contributed by atoms with van der Waals surface area (Å²) >= 11 is 0. The predicted molar refractivity (Wildman–Crippen MR) is 112 cm³/mol. The Hall–Kier alpha value is -2.50. The lowest BCUT2D eigenvalue weighted by molar-refractivity contribution is 0.189. The van der Waals surface area contributed by atoms with Crippen molar-refractivity contribution in [2.75, 3.05) is 45.2 Å². The van der Waals surface area contributed by atoms with Gasteiger partial charge >= 0.3 is 0 Å². The highest BCUT2D eigenvalue weighted by atomic mass is 15.3. The molecular weight excluding hydrogens is 336 g/mol. The maximum atomic E-state index is 4.52. The van der Waals surface area contributed by atoms with Crippen LogP contribution < -0.4 is 10.2 Å². The molecule has 146 valence electrons. The Labute approximate surface area is 162 Å². The van der Waals surface area contributed by atoms with Crippen LogP contribution in [0.2, 0.25) is 0 Å². The molecule has 2 heterocycles. The highest BCUT2D eigenvalue weighted by molar-refractivity contribution is 5.80. The monoisotopic (exact) mass is 368 g/mol. The van der Waals surface area contributed by atoms with E-state index in [1.165, 1.54) is 12.1 Å². The molecule has 27 heavy (non-hydrogen) atoms. The van der Waals surface area contributed by atoms with Crippen molar-refractivity contribution < 1.29 is 0 Å². The highest BCUT2D eigenvalue weighted by Crippen LogP contribution is 2.27. The number of hydrogen-bond acceptors (Lipinski definition) is 3. The van der Waals surface area contributed by atoms with Gasteiger partial charge in [-0.05, 0) is 30.9 Å². The summed E-state index contributed by atoms with van der Waals surface area (Å²) in [6.45, 7) is 6.29. The molecular formula is C21H32N6. The number of piperidine rings is 1. The van der Waals surface area contributed by atoms with Crippen LogP contribution in [0.5, 0.6) is 0 Å². The van der Waals surface area contributed by atoms with Gasteiger partial charge in [0.1, 0.15) is 0 Å². The molecule has 0 saturated carbocycles. The molecule has 6 nitrogen and oxygen atoms in total. The zero-order valence-electron chi connectivity index (χ0n) is 16.8. The van der Waals surface area contributed by atoms with Crippen LogP contribution in [0.15, 0.2) is 54.0 Å². The fourth-order valence-corrected chi connectivity index (χ4v) is 3.76. The van der Waals surface area contributed by atoms with E-state index >= 15 is 0 Å². The van der Waals surface area contributed by atoms with Gasteiger partial charge in [0, 0.05) is 58.4 Å². The van der Waals surface area contributed by atoms with Crippen LogP contribution >= 0.6 is 0 Å². The van der Waals surface area contributed by atoms with Crippen molar-refractivity contribution in [1.82, 2.24) is 19.8 Å². The Kier molecular flexibility index (Phi) is 6.74. The van der Waals surface area contributed by atoms with Gasteiger partial charge in [0.05, 0.1) is 12.4 Å². The topological polar surface area (TPSA) is 48.7 Å². The maximum absolute atomic E-state index is 4.52. The zero-order chi connectivity index (χ0) is 19.1. The standard InChI is InChI=1S/C21H32N6/c1-18-10-14-26(16-20(18)27-15-12-23-17-27)21(22-2)24-11-7-13-25(3)19-8-5-4-6-9-19/h4-6,8-9,12,15,17-18,20H,7,10-11,13-14,16H2,1-3H3,(H,22,24). The number of nitrogens with one attached hydrogen (secondary N) is 1. The fraction of sp³-hybridized carbons (Fsp3) is 0.524. The van der Waals surface area contributed by atoms with Crippen LogP contribution in [0.4, 0.5) is 5.69 Å². The Bertz CT molecular complexity index is 697. The van der Waals surface area contributed by atoms with Crippen molar-refractivity contribution in [3.8, 4) is 0 Å². The summed E-state index contributed by atoms with van der Waals surface area (Å²) in [6.07, 6.45) is 8.10. The number of aromatic nitrogens is 2. The number of imidazole rings is 1. The lowest BCUT2D eigenvalue weighted by Crippen LogP contribution is -2.49. The predicted octanol–water partition coefficient (Wildman–Crippen LogP) is 2.87. The molecule has 1 aromatic heterocycles. The third kappa shape index (κ3) is 5.02. The summed E-state index contributed by atoms with van der Waals surface area (Å²) in [5.74, 6) is 1.66. The summed E-state index contributed by atoms with van der Waals surface area (Å²) in [5.41, 5.74) is 1.26. The molecule has 2 aromatic rings. The summed E-state index contributed by atoms with van der Waals surface area (Å²) in [4.78, 5) is 13.4. The van der Waals surface area contributed by atoms with Gasteiger partial charge in [0.2, 0.25) is 0 Å². The molecule has 1 N–H and O–H groups in total. The number of rotatable bonds is 6. The quantitative estimate of drug-likeness (QED) is 0.484. The van der Waals surface area contributed by atoms with Gasteiger partial charge in [-0.1, -0.05) is 25.1 Å². The first-order chi connectivity index (χ1) is 13.2. The normalized spacial score (nSPS) is 20.6. The van der Waals surface area contributed by atoms with Crippen LogP contribution in [0.3, 0.4) is 0 Å². The van der Waals surface area contributed by atoms with Gasteiger partial charge in [-0.15, -0.1) is 0 Å². The van der Waals surface area contributed by atoms with E-state index in [9.17, 15) is 0 Å². The minimum atomic E-state index is 0.448. The van der Waals surface area contributed by atoms with E-state index in [-0.39, 0.29) is 0 Å². The van der Waals surface area contributed by atoms with E-state index in [4.69, 9.17) is 0 Å². The molecule has 0 amide bonds. The average molecular weight is 369 g/mol. The fourth-order valence-electron chi connectivity index (χ4n) is 3.76. The molecule has 2 atom stereocenters. The summed E-state index contributed by atoms with van der Waals surface area (Å²) in [7, 11) is 4.02. The Balaban J connectivity index is 1.47.